The van der Waals surface area contributed by atoms with Crippen LogP contribution in [0.25, 0.3) is 11.0 Å². The first kappa shape index (κ1) is 66.3. The van der Waals surface area contributed by atoms with Gasteiger partial charge < -0.3 is 83.5 Å². The van der Waals surface area contributed by atoms with Crippen LogP contribution in [0.15, 0.2) is 99.3 Å². The number of Topliss-reactive ketones (excluding diaryl/α,β-unsaturated/α-hetero) is 2. The topological polar surface area (TPSA) is 328 Å². The van der Waals surface area contributed by atoms with Gasteiger partial charge in [-0.15, -0.1) is 0 Å². The maximum Gasteiger partial charge on any atom is 0.306 e. The number of fused-ring (bicyclic) bond motifs is 2. The van der Waals surface area contributed by atoms with Gasteiger partial charge in [0.15, 0.2) is 34.8 Å². The third kappa shape index (κ3) is 16.2. The van der Waals surface area contributed by atoms with Gasteiger partial charge >= 0.3 is 5.97 Å². The Labute approximate surface area is 476 Å². The van der Waals surface area contributed by atoms with E-state index in [1.807, 2.05) is 51.1 Å². The summed E-state index contributed by atoms with van der Waals surface area (Å²) in [7, 11) is 0. The van der Waals surface area contributed by atoms with E-state index in [0.29, 0.717) is 40.2 Å². The number of carbonyl (C=O) groups excluding carboxylic acids is 3. The number of phenols is 2. The van der Waals surface area contributed by atoms with Crippen LogP contribution in [0.2, 0.25) is 0 Å². The quantitative estimate of drug-likeness (QED) is 0.0400. The Kier molecular flexibility index (Phi) is 24.4. The molecule has 9 N–H and O–H groups in total. The van der Waals surface area contributed by atoms with Crippen molar-refractivity contribution in [2.24, 2.45) is 17.8 Å². The van der Waals surface area contributed by atoms with Gasteiger partial charge in [-0.25, -0.2) is 0 Å². The van der Waals surface area contributed by atoms with Gasteiger partial charge in [0.05, 0.1) is 49.2 Å². The lowest BCUT2D eigenvalue weighted by Crippen LogP contribution is -2.60. The molecule has 82 heavy (non-hydrogen) atoms. The second-order valence-electron chi connectivity index (χ2n) is 20.8. The van der Waals surface area contributed by atoms with Crippen molar-refractivity contribution in [2.45, 2.75) is 170 Å². The summed E-state index contributed by atoms with van der Waals surface area (Å²) >= 11 is 0. The molecule has 4 aliphatic rings. The zero-order valence-electron chi connectivity index (χ0n) is 48.2. The van der Waals surface area contributed by atoms with Gasteiger partial charge in [0, 0.05) is 22.6 Å². The monoisotopic (exact) mass is 1150 g/mol. The van der Waals surface area contributed by atoms with Crippen LogP contribution in [-0.2, 0) is 39.7 Å². The number of hydrogen-bond acceptors (Lipinski definition) is 21. The molecule has 2 saturated heterocycles. The molecule has 0 spiro atoms. The number of allylic oxidation sites excluding steroid dienone is 4. The smallest absolute Gasteiger partial charge is 0.306 e. The van der Waals surface area contributed by atoms with Gasteiger partial charge in [0.2, 0.25) is 24.1 Å². The van der Waals surface area contributed by atoms with E-state index in [-0.39, 0.29) is 58.4 Å². The molecule has 1 aromatic heterocycles. The molecule has 8 rings (SSSR count). The van der Waals surface area contributed by atoms with Gasteiger partial charge in [-0.1, -0.05) is 58.4 Å². The van der Waals surface area contributed by atoms with Gasteiger partial charge in [-0.3, -0.25) is 19.2 Å². The van der Waals surface area contributed by atoms with Crippen LogP contribution >= 0.6 is 0 Å². The van der Waals surface area contributed by atoms with Crippen LogP contribution in [0.3, 0.4) is 0 Å². The van der Waals surface area contributed by atoms with E-state index < -0.39 is 91.9 Å². The van der Waals surface area contributed by atoms with Crippen molar-refractivity contribution >= 4 is 28.5 Å². The zero-order chi connectivity index (χ0) is 60.9. The van der Waals surface area contributed by atoms with Crippen LogP contribution < -0.4 is 14.9 Å². The van der Waals surface area contributed by atoms with Crippen LogP contribution in [0.5, 0.6) is 23.0 Å². The van der Waals surface area contributed by atoms with Crippen molar-refractivity contribution in [3.63, 3.8) is 0 Å². The Morgan fingerprint density at radius 1 is 0.793 bits per heavy atom. The Morgan fingerprint density at radius 3 is 2.10 bits per heavy atom. The molecule has 0 bridgehead atoms. The number of aromatic hydroxyl groups is 2. The van der Waals surface area contributed by atoms with E-state index in [0.717, 1.165) is 23.5 Å². The van der Waals surface area contributed by atoms with Crippen molar-refractivity contribution in [2.75, 3.05) is 13.2 Å². The predicted molar refractivity (Wildman–Crippen MR) is 299 cm³/mol. The number of ketones is 2. The fourth-order valence-corrected chi connectivity index (χ4v) is 9.12. The van der Waals surface area contributed by atoms with Gasteiger partial charge in [0.1, 0.15) is 54.1 Å². The van der Waals surface area contributed by atoms with E-state index in [9.17, 15) is 65.1 Å². The molecule has 2 fully saturated rings. The highest BCUT2D eigenvalue weighted by atomic mass is 16.8. The number of aliphatic hydroxyl groups excluding tert-OH is 7. The van der Waals surface area contributed by atoms with Gasteiger partial charge in [-0.05, 0) is 126 Å². The number of aryl methyl sites for hydroxylation is 3. The van der Waals surface area contributed by atoms with Crippen molar-refractivity contribution in [3.05, 3.63) is 128 Å². The minimum Gasteiger partial charge on any atom is -0.508 e. The SMILES string of the molecule is C/C=C1/[C@H](OC2OC(CO)C(O)C(O)C2O)OC=C(C(C)=O)[C@H]1CC(=O)OCCC.C/C=C1\Oc2c(ccc(OC3OC(C)C(O)C(O)C3O)c2O)C1=O.CCC(C)C(C)Cc1ccc(C)c(O)c1.Cc1ccc2c(=O)c(C)coc2c1. The highest BCUT2D eigenvalue weighted by Crippen LogP contribution is 2.45. The molecule has 5 heterocycles. The lowest BCUT2D eigenvalue weighted by Gasteiger charge is -2.42. The first-order valence-corrected chi connectivity index (χ1v) is 27.3. The fraction of sp³-hybridized carbons (Fsp3) is 0.508. The predicted octanol–water partition coefficient (Wildman–Crippen LogP) is 5.95. The number of hydrogen-bond donors (Lipinski definition) is 9. The molecular formula is C61H80O21. The van der Waals surface area contributed by atoms with E-state index in [1.54, 1.807) is 26.8 Å². The van der Waals surface area contributed by atoms with Crippen molar-refractivity contribution in [1.29, 1.82) is 0 Å². The lowest BCUT2D eigenvalue weighted by atomic mass is 9.84. The van der Waals surface area contributed by atoms with E-state index in [4.69, 9.17) is 37.6 Å². The molecule has 0 radical (unpaired) electrons. The summed E-state index contributed by atoms with van der Waals surface area (Å²) in [5, 5.41) is 89.3. The lowest BCUT2D eigenvalue weighted by molar-refractivity contribution is -0.327. The maximum absolute atomic E-state index is 12.2. The number of carbonyl (C=O) groups is 3. The summed E-state index contributed by atoms with van der Waals surface area (Å²) in [5.41, 5.74) is 5.56. The Balaban J connectivity index is 0.000000211. The molecule has 450 valence electrons. The van der Waals surface area contributed by atoms with Gasteiger partial charge in [0.25, 0.3) is 0 Å². The minimum atomic E-state index is -1.62. The summed E-state index contributed by atoms with van der Waals surface area (Å²) in [6, 6.07) is 14.4. The molecule has 0 aliphatic carbocycles. The second-order valence-corrected chi connectivity index (χ2v) is 20.8. The Hall–Kier alpha value is -6.50. The number of ether oxygens (including phenoxy) is 7. The van der Waals surface area contributed by atoms with E-state index >= 15 is 0 Å². The summed E-state index contributed by atoms with van der Waals surface area (Å²) in [6.45, 7) is 20.2. The molecule has 21 heteroatoms. The molecule has 0 amide bonds. The van der Waals surface area contributed by atoms with E-state index in [2.05, 4.69) is 26.8 Å². The number of benzene rings is 3. The standard InChI is InChI=1S/C20H30O10.C16H18O8.C14H22O.C11H10O2/c1-4-6-27-15(23)7-12-11(5-2)19(28-9-13(12)10(3)22)30-20-18(26)17(25)16(24)14(8-21)29-20;1-3-8-11(18)7-4-5-9(12(19)15(7)23-8)24-16-14(21)13(20)10(17)6(2)22-16;1-5-10(2)12(4)8-13-7-6-11(3)14(15)9-13;1-7-3-4-9-10(5-7)13-6-8(2)11(9)12/h5,9,12,14,16-21,24-26H,4,6-8H2,1-3H3;3-6,10,13-14,16-17,19-21H,1-2H3;6-7,9-10,12,15H,5,8H2,1-4H3;3-6H,1-2H3/b11-5+;8-3-;;/t12-,14?,16?,17?,18?,19-,20?;;;/m0.../s1. The third-order valence-electron chi connectivity index (χ3n) is 14.7. The van der Waals surface area contributed by atoms with Crippen molar-refractivity contribution in [3.8, 4) is 23.0 Å². The number of rotatable bonds is 14. The molecule has 14 atom stereocenters. The highest BCUT2D eigenvalue weighted by molar-refractivity contribution is 6.13. The zero-order valence-corrected chi connectivity index (χ0v) is 48.2. The minimum absolute atomic E-state index is 0.0375. The summed E-state index contributed by atoms with van der Waals surface area (Å²) in [5.74, 6) is -0.384. The molecule has 4 aliphatic heterocycles. The van der Waals surface area contributed by atoms with Crippen LogP contribution in [0.4, 0.5) is 0 Å². The molecular weight excluding hydrogens is 1070 g/mol. The third-order valence-corrected chi connectivity index (χ3v) is 14.7. The summed E-state index contributed by atoms with van der Waals surface area (Å²) in [4.78, 5) is 47.8. The summed E-state index contributed by atoms with van der Waals surface area (Å²) in [6.07, 6.45) is -6.13. The molecule has 4 aromatic rings. The molecule has 3 aromatic carbocycles. The fourth-order valence-electron chi connectivity index (χ4n) is 9.12. The Morgan fingerprint density at radius 2 is 1.48 bits per heavy atom. The second kappa shape index (κ2) is 30.2. The maximum atomic E-state index is 12.2. The summed E-state index contributed by atoms with van der Waals surface area (Å²) < 4.78 is 43.0. The van der Waals surface area contributed by atoms with Crippen molar-refractivity contribution < 1.29 is 97.9 Å². The first-order chi connectivity index (χ1) is 38.8. The van der Waals surface area contributed by atoms with Gasteiger partial charge in [-0.2, -0.15) is 0 Å². The largest absolute Gasteiger partial charge is 0.508 e. The average Bonchev–Trinajstić information content (AvgIpc) is 3.88. The number of esters is 1. The van der Waals surface area contributed by atoms with Crippen LogP contribution in [0, 0.1) is 38.5 Å². The number of aliphatic hydroxyl groups is 7. The Bertz CT molecular complexity index is 2980. The van der Waals surface area contributed by atoms with Crippen molar-refractivity contribution in [1.82, 2.24) is 0 Å². The highest BCUT2D eigenvalue weighted by Gasteiger charge is 2.47. The normalized spacial score (nSPS) is 27.4. The number of phenolic OH excluding ortho intramolecular Hbond substituents is 2. The first-order valence-electron chi connectivity index (χ1n) is 27.3. The average molecular weight is 1150 g/mol. The van der Waals surface area contributed by atoms with Crippen LogP contribution in [-0.4, -0.2) is 144 Å². The van der Waals surface area contributed by atoms with Crippen LogP contribution in [0.1, 0.15) is 107 Å². The van der Waals surface area contributed by atoms with E-state index in [1.165, 1.54) is 56.6 Å². The molecule has 21 nitrogen and oxygen atoms in total. The molecule has 0 saturated carbocycles. The molecule has 12 unspecified atom stereocenters.